The molecule has 116 valence electrons. The SMILES string of the molecule is CCCCC(CC)CNC(=S)Nc1cccc(C(C)=O)c1. The number of carbonyl (C=O) groups excluding carboxylic acids is 1. The number of ketones is 1. The molecule has 1 rings (SSSR count). The Kier molecular flexibility index (Phi) is 7.98. The number of rotatable bonds is 8. The molecule has 0 aromatic heterocycles. The maximum absolute atomic E-state index is 11.4. The first-order chi connectivity index (χ1) is 10.1. The van der Waals surface area contributed by atoms with Gasteiger partial charge in [0.15, 0.2) is 10.9 Å². The van der Waals surface area contributed by atoms with Gasteiger partial charge in [0.2, 0.25) is 0 Å². The molecule has 0 bridgehead atoms. The first-order valence-corrected chi connectivity index (χ1v) is 8.13. The maximum Gasteiger partial charge on any atom is 0.170 e. The molecule has 0 spiro atoms. The zero-order chi connectivity index (χ0) is 15.7. The van der Waals surface area contributed by atoms with Gasteiger partial charge in [-0.05, 0) is 43.6 Å². The van der Waals surface area contributed by atoms with E-state index in [1.165, 1.54) is 19.3 Å². The number of anilines is 1. The number of Topliss-reactive ketones (excluding diaryl/α,β-unsaturated/α-hetero) is 1. The molecule has 0 aliphatic carbocycles. The van der Waals surface area contributed by atoms with Crippen molar-refractivity contribution in [2.24, 2.45) is 5.92 Å². The Morgan fingerprint density at radius 3 is 2.71 bits per heavy atom. The Balaban J connectivity index is 2.46. The van der Waals surface area contributed by atoms with Gasteiger partial charge in [-0.2, -0.15) is 0 Å². The topological polar surface area (TPSA) is 41.1 Å². The molecule has 0 radical (unpaired) electrons. The predicted octanol–water partition coefficient (Wildman–Crippen LogP) is 4.39. The van der Waals surface area contributed by atoms with E-state index in [0.29, 0.717) is 16.6 Å². The molecular formula is C17H26N2OS. The van der Waals surface area contributed by atoms with Gasteiger partial charge in [-0.25, -0.2) is 0 Å². The average Bonchev–Trinajstić information content (AvgIpc) is 2.47. The van der Waals surface area contributed by atoms with Crippen LogP contribution < -0.4 is 10.6 Å². The highest BCUT2D eigenvalue weighted by Crippen LogP contribution is 2.13. The molecule has 4 heteroatoms. The summed E-state index contributed by atoms with van der Waals surface area (Å²) in [5.41, 5.74) is 1.54. The van der Waals surface area contributed by atoms with E-state index < -0.39 is 0 Å². The van der Waals surface area contributed by atoms with Crippen molar-refractivity contribution in [1.82, 2.24) is 5.32 Å². The van der Waals surface area contributed by atoms with Gasteiger partial charge in [0.25, 0.3) is 0 Å². The van der Waals surface area contributed by atoms with E-state index >= 15 is 0 Å². The van der Waals surface area contributed by atoms with Crippen LogP contribution in [0.15, 0.2) is 24.3 Å². The summed E-state index contributed by atoms with van der Waals surface area (Å²) in [4.78, 5) is 11.4. The molecule has 1 atom stereocenters. The van der Waals surface area contributed by atoms with E-state index in [1.54, 1.807) is 6.92 Å². The van der Waals surface area contributed by atoms with Crippen molar-refractivity contribution >= 4 is 28.8 Å². The van der Waals surface area contributed by atoms with Crippen LogP contribution >= 0.6 is 12.2 Å². The van der Waals surface area contributed by atoms with Gasteiger partial charge in [-0.1, -0.05) is 45.2 Å². The van der Waals surface area contributed by atoms with Crippen molar-refractivity contribution in [3.05, 3.63) is 29.8 Å². The zero-order valence-electron chi connectivity index (χ0n) is 13.2. The molecule has 0 amide bonds. The Morgan fingerprint density at radius 2 is 2.10 bits per heavy atom. The van der Waals surface area contributed by atoms with Crippen molar-refractivity contribution in [1.29, 1.82) is 0 Å². The van der Waals surface area contributed by atoms with Gasteiger partial charge < -0.3 is 10.6 Å². The van der Waals surface area contributed by atoms with E-state index in [2.05, 4.69) is 24.5 Å². The van der Waals surface area contributed by atoms with Gasteiger partial charge in [-0.3, -0.25) is 4.79 Å². The molecule has 0 heterocycles. The lowest BCUT2D eigenvalue weighted by molar-refractivity contribution is 0.101. The lowest BCUT2D eigenvalue weighted by atomic mass is 9.99. The fraction of sp³-hybridized carbons (Fsp3) is 0.529. The smallest absolute Gasteiger partial charge is 0.170 e. The summed E-state index contributed by atoms with van der Waals surface area (Å²) in [6, 6.07) is 7.40. The summed E-state index contributed by atoms with van der Waals surface area (Å²) in [5, 5.41) is 7.03. The third kappa shape index (κ3) is 6.71. The van der Waals surface area contributed by atoms with Crippen molar-refractivity contribution in [3.63, 3.8) is 0 Å². The molecule has 1 aromatic carbocycles. The second-order valence-electron chi connectivity index (χ2n) is 5.39. The Morgan fingerprint density at radius 1 is 1.33 bits per heavy atom. The highest BCUT2D eigenvalue weighted by atomic mass is 32.1. The highest BCUT2D eigenvalue weighted by Gasteiger charge is 2.07. The summed E-state index contributed by atoms with van der Waals surface area (Å²) < 4.78 is 0. The fourth-order valence-electron chi connectivity index (χ4n) is 2.17. The monoisotopic (exact) mass is 306 g/mol. The van der Waals surface area contributed by atoms with Crippen molar-refractivity contribution < 1.29 is 4.79 Å². The maximum atomic E-state index is 11.4. The molecule has 1 aromatic rings. The van der Waals surface area contributed by atoms with Crippen LogP contribution in [0.25, 0.3) is 0 Å². The molecular weight excluding hydrogens is 280 g/mol. The van der Waals surface area contributed by atoms with Crippen LogP contribution in [0.2, 0.25) is 0 Å². The minimum atomic E-state index is 0.0585. The average molecular weight is 306 g/mol. The molecule has 21 heavy (non-hydrogen) atoms. The minimum Gasteiger partial charge on any atom is -0.362 e. The molecule has 1 unspecified atom stereocenters. The summed E-state index contributed by atoms with van der Waals surface area (Å²) in [5.74, 6) is 0.719. The number of thiocarbonyl (C=S) groups is 1. The molecule has 0 saturated carbocycles. The largest absolute Gasteiger partial charge is 0.362 e. The summed E-state index contributed by atoms with van der Waals surface area (Å²) in [7, 11) is 0. The van der Waals surface area contributed by atoms with Gasteiger partial charge >= 0.3 is 0 Å². The Bertz CT molecular complexity index is 474. The molecule has 0 aliphatic rings. The number of unbranched alkanes of at least 4 members (excludes halogenated alkanes) is 1. The van der Waals surface area contributed by atoms with Crippen LogP contribution in [0.5, 0.6) is 0 Å². The van der Waals surface area contributed by atoms with E-state index in [1.807, 2.05) is 24.3 Å². The van der Waals surface area contributed by atoms with E-state index in [9.17, 15) is 4.79 Å². The number of carbonyl (C=O) groups is 1. The van der Waals surface area contributed by atoms with Gasteiger partial charge in [-0.15, -0.1) is 0 Å². The second kappa shape index (κ2) is 9.50. The van der Waals surface area contributed by atoms with Crippen LogP contribution in [0.3, 0.4) is 0 Å². The number of benzene rings is 1. The molecule has 0 fully saturated rings. The summed E-state index contributed by atoms with van der Waals surface area (Å²) >= 11 is 5.32. The summed E-state index contributed by atoms with van der Waals surface area (Å²) in [6.07, 6.45) is 4.90. The van der Waals surface area contributed by atoms with Crippen molar-refractivity contribution in [2.45, 2.75) is 46.5 Å². The van der Waals surface area contributed by atoms with Crippen LogP contribution in [0.1, 0.15) is 56.8 Å². The fourth-order valence-corrected chi connectivity index (χ4v) is 2.37. The van der Waals surface area contributed by atoms with E-state index in [-0.39, 0.29) is 5.78 Å². The quantitative estimate of drug-likeness (QED) is 0.552. The van der Waals surface area contributed by atoms with Crippen LogP contribution in [-0.2, 0) is 0 Å². The normalized spacial score (nSPS) is 11.8. The molecule has 0 saturated heterocycles. The third-order valence-corrected chi connectivity index (χ3v) is 3.87. The summed E-state index contributed by atoms with van der Waals surface area (Å²) in [6.45, 7) is 6.90. The number of nitrogens with one attached hydrogen (secondary N) is 2. The lowest BCUT2D eigenvalue weighted by Crippen LogP contribution is -2.32. The molecule has 2 N–H and O–H groups in total. The Labute approximate surface area is 133 Å². The number of hydrogen-bond donors (Lipinski definition) is 2. The first kappa shape index (κ1) is 17.6. The van der Waals surface area contributed by atoms with Gasteiger partial charge in [0, 0.05) is 17.8 Å². The van der Waals surface area contributed by atoms with E-state index in [0.717, 1.165) is 18.7 Å². The van der Waals surface area contributed by atoms with Crippen LogP contribution in [-0.4, -0.2) is 17.4 Å². The molecule has 0 aliphatic heterocycles. The first-order valence-electron chi connectivity index (χ1n) is 7.72. The van der Waals surface area contributed by atoms with Crippen molar-refractivity contribution in [2.75, 3.05) is 11.9 Å². The van der Waals surface area contributed by atoms with Gasteiger partial charge in [0.05, 0.1) is 0 Å². The third-order valence-electron chi connectivity index (χ3n) is 3.62. The highest BCUT2D eigenvalue weighted by molar-refractivity contribution is 7.80. The predicted molar refractivity (Wildman–Crippen MR) is 94.0 cm³/mol. The lowest BCUT2D eigenvalue weighted by Gasteiger charge is -2.17. The standard InChI is InChI=1S/C17H26N2OS/c1-4-6-8-14(5-2)12-18-17(21)19-16-10-7-9-15(11-16)13(3)20/h7,9-11,14H,4-6,8,12H2,1-3H3,(H2,18,19,21). The Hall–Kier alpha value is -1.42. The minimum absolute atomic E-state index is 0.0585. The second-order valence-corrected chi connectivity index (χ2v) is 5.80. The molecule has 3 nitrogen and oxygen atoms in total. The van der Waals surface area contributed by atoms with E-state index in [4.69, 9.17) is 12.2 Å². The van der Waals surface area contributed by atoms with Gasteiger partial charge in [0.1, 0.15) is 0 Å². The number of hydrogen-bond acceptors (Lipinski definition) is 2. The van der Waals surface area contributed by atoms with Crippen LogP contribution in [0.4, 0.5) is 5.69 Å². The van der Waals surface area contributed by atoms with Crippen LogP contribution in [0, 0.1) is 5.92 Å². The zero-order valence-corrected chi connectivity index (χ0v) is 14.1. The van der Waals surface area contributed by atoms with Crippen molar-refractivity contribution in [3.8, 4) is 0 Å².